The van der Waals surface area contributed by atoms with Crippen molar-refractivity contribution < 1.29 is 9.53 Å². The second-order valence-corrected chi connectivity index (χ2v) is 7.51. The summed E-state index contributed by atoms with van der Waals surface area (Å²) in [6.45, 7) is 6.32. The quantitative estimate of drug-likeness (QED) is 0.406. The first-order valence-electron chi connectivity index (χ1n) is 9.94. The van der Waals surface area contributed by atoms with E-state index in [9.17, 15) is 4.79 Å². The highest BCUT2D eigenvalue weighted by Crippen LogP contribution is 2.26. The van der Waals surface area contributed by atoms with Crippen molar-refractivity contribution in [2.45, 2.75) is 26.8 Å². The first-order chi connectivity index (χ1) is 14.5. The van der Waals surface area contributed by atoms with Crippen LogP contribution in [-0.4, -0.2) is 17.7 Å². The summed E-state index contributed by atoms with van der Waals surface area (Å²) < 4.78 is 5.08. The van der Waals surface area contributed by atoms with E-state index >= 15 is 0 Å². The molecule has 2 N–H and O–H groups in total. The molecule has 30 heavy (non-hydrogen) atoms. The van der Waals surface area contributed by atoms with Crippen LogP contribution in [0.15, 0.2) is 72.8 Å². The summed E-state index contributed by atoms with van der Waals surface area (Å²) >= 11 is 5.60. The second kappa shape index (κ2) is 10.0. The molecule has 0 aliphatic carbocycles. The minimum absolute atomic E-state index is 0.0972. The molecule has 3 aromatic carbocycles. The molecule has 154 valence electrons. The van der Waals surface area contributed by atoms with E-state index in [-0.39, 0.29) is 12.0 Å². The van der Waals surface area contributed by atoms with E-state index in [0.29, 0.717) is 17.3 Å². The zero-order valence-corrected chi connectivity index (χ0v) is 18.3. The third kappa shape index (κ3) is 5.45. The van der Waals surface area contributed by atoms with Crippen LogP contribution in [-0.2, 0) is 4.74 Å². The van der Waals surface area contributed by atoms with Crippen molar-refractivity contribution in [3.05, 3.63) is 101 Å². The number of rotatable bonds is 6. The average molecular weight is 419 g/mol. The average Bonchev–Trinajstić information content (AvgIpc) is 2.73. The van der Waals surface area contributed by atoms with Crippen molar-refractivity contribution in [2.75, 3.05) is 11.9 Å². The molecule has 3 aromatic rings. The van der Waals surface area contributed by atoms with Gasteiger partial charge in [0.1, 0.15) is 0 Å². The van der Waals surface area contributed by atoms with Crippen molar-refractivity contribution in [3.63, 3.8) is 0 Å². The Morgan fingerprint density at radius 2 is 1.77 bits per heavy atom. The van der Waals surface area contributed by atoms with Crippen LogP contribution in [0.25, 0.3) is 0 Å². The number of esters is 1. The van der Waals surface area contributed by atoms with Crippen LogP contribution in [0.4, 0.5) is 5.69 Å². The topological polar surface area (TPSA) is 50.4 Å². The minimum atomic E-state index is -0.350. The molecule has 1 atom stereocenters. The predicted molar refractivity (Wildman–Crippen MR) is 126 cm³/mol. The summed E-state index contributed by atoms with van der Waals surface area (Å²) in [5.74, 6) is -0.350. The van der Waals surface area contributed by atoms with Crippen molar-refractivity contribution in [2.24, 2.45) is 0 Å². The Labute approximate surface area is 183 Å². The summed E-state index contributed by atoms with van der Waals surface area (Å²) in [5, 5.41) is 7.11. The monoisotopic (exact) mass is 418 g/mol. The van der Waals surface area contributed by atoms with Crippen LogP contribution in [0.5, 0.6) is 0 Å². The van der Waals surface area contributed by atoms with Gasteiger partial charge in [-0.2, -0.15) is 0 Å². The predicted octanol–water partition coefficient (Wildman–Crippen LogP) is 5.56. The van der Waals surface area contributed by atoms with Gasteiger partial charge >= 0.3 is 5.97 Å². The summed E-state index contributed by atoms with van der Waals surface area (Å²) in [5.41, 5.74) is 5.91. The fourth-order valence-electron chi connectivity index (χ4n) is 3.37. The molecular weight excluding hydrogens is 392 g/mol. The molecule has 0 fully saturated rings. The molecule has 0 heterocycles. The number of nitrogens with one attached hydrogen (secondary N) is 2. The Morgan fingerprint density at radius 3 is 2.47 bits per heavy atom. The standard InChI is InChI=1S/C25H26N2O2S/c1-4-29-24(28)20-11-8-12-21(16-20)26-25(30)27-23(19-9-6-5-7-10-19)22-14-13-17(2)15-18(22)3/h5-16,23H,4H2,1-3H3,(H2,26,27,30). The Kier molecular flexibility index (Phi) is 7.20. The van der Waals surface area contributed by atoms with Gasteiger partial charge in [-0.05, 0) is 67.9 Å². The minimum Gasteiger partial charge on any atom is -0.462 e. The maximum atomic E-state index is 12.0. The number of anilines is 1. The highest BCUT2D eigenvalue weighted by Gasteiger charge is 2.17. The number of hydrogen-bond acceptors (Lipinski definition) is 3. The van der Waals surface area contributed by atoms with Crippen LogP contribution >= 0.6 is 12.2 Å². The summed E-state index contributed by atoms with van der Waals surface area (Å²) in [6.07, 6.45) is 0. The Balaban J connectivity index is 1.82. The zero-order valence-electron chi connectivity index (χ0n) is 17.4. The summed E-state index contributed by atoms with van der Waals surface area (Å²) in [6, 6.07) is 23.7. The molecule has 0 aromatic heterocycles. The van der Waals surface area contributed by atoms with Crippen molar-refractivity contribution in [1.29, 1.82) is 0 Å². The van der Waals surface area contributed by atoms with Crippen molar-refractivity contribution in [1.82, 2.24) is 5.32 Å². The lowest BCUT2D eigenvalue weighted by atomic mass is 9.94. The highest BCUT2D eigenvalue weighted by atomic mass is 32.1. The van der Waals surface area contributed by atoms with Gasteiger partial charge in [0.2, 0.25) is 0 Å². The lowest BCUT2D eigenvalue weighted by Crippen LogP contribution is -2.33. The molecule has 4 nitrogen and oxygen atoms in total. The largest absolute Gasteiger partial charge is 0.462 e. The van der Waals surface area contributed by atoms with Gasteiger partial charge in [0.05, 0.1) is 18.2 Å². The Morgan fingerprint density at radius 1 is 1.00 bits per heavy atom. The molecule has 0 amide bonds. The molecule has 5 heteroatoms. The SMILES string of the molecule is CCOC(=O)c1cccc(NC(=S)NC(c2ccccc2)c2ccc(C)cc2C)c1. The Bertz CT molecular complexity index is 1030. The number of hydrogen-bond donors (Lipinski definition) is 2. The number of ether oxygens (including phenoxy) is 1. The van der Waals surface area contributed by atoms with E-state index in [1.165, 1.54) is 11.1 Å². The third-order valence-corrected chi connectivity index (χ3v) is 5.00. The van der Waals surface area contributed by atoms with Gasteiger partial charge in [-0.25, -0.2) is 4.79 Å². The van der Waals surface area contributed by atoms with Gasteiger partial charge in [-0.3, -0.25) is 0 Å². The summed E-state index contributed by atoms with van der Waals surface area (Å²) in [7, 11) is 0. The molecule has 1 unspecified atom stereocenters. The van der Waals surface area contributed by atoms with E-state index in [2.05, 4.69) is 54.8 Å². The maximum absolute atomic E-state index is 12.0. The van der Waals surface area contributed by atoms with Crippen LogP contribution in [0.3, 0.4) is 0 Å². The molecule has 0 spiro atoms. The Hall–Kier alpha value is -3.18. The second-order valence-electron chi connectivity index (χ2n) is 7.10. The van der Waals surface area contributed by atoms with E-state index in [1.54, 1.807) is 25.1 Å². The van der Waals surface area contributed by atoms with Crippen molar-refractivity contribution >= 4 is 29.0 Å². The maximum Gasteiger partial charge on any atom is 0.338 e. The van der Waals surface area contributed by atoms with Crippen molar-refractivity contribution in [3.8, 4) is 0 Å². The van der Waals surface area contributed by atoms with E-state index in [1.807, 2.05) is 24.3 Å². The molecule has 0 saturated carbocycles. The van der Waals surface area contributed by atoms with Gasteiger partial charge in [0.15, 0.2) is 5.11 Å². The lowest BCUT2D eigenvalue weighted by Gasteiger charge is -2.24. The summed E-state index contributed by atoms with van der Waals surface area (Å²) in [4.78, 5) is 12.0. The first-order valence-corrected chi connectivity index (χ1v) is 10.4. The van der Waals surface area contributed by atoms with Crippen LogP contribution in [0.2, 0.25) is 0 Å². The highest BCUT2D eigenvalue weighted by molar-refractivity contribution is 7.80. The first kappa shape index (κ1) is 21.5. The normalized spacial score (nSPS) is 11.4. The molecule has 0 bridgehead atoms. The fourth-order valence-corrected chi connectivity index (χ4v) is 3.61. The van der Waals surface area contributed by atoms with Crippen LogP contribution in [0.1, 0.15) is 45.6 Å². The fraction of sp³-hybridized carbons (Fsp3) is 0.200. The number of benzene rings is 3. The smallest absolute Gasteiger partial charge is 0.338 e. The van der Waals surface area contributed by atoms with Gasteiger partial charge in [0, 0.05) is 5.69 Å². The lowest BCUT2D eigenvalue weighted by molar-refractivity contribution is 0.0526. The molecule has 3 rings (SSSR count). The van der Waals surface area contributed by atoms with Gasteiger partial charge in [-0.1, -0.05) is 60.2 Å². The van der Waals surface area contributed by atoms with Crippen LogP contribution in [0, 0.1) is 13.8 Å². The van der Waals surface area contributed by atoms with Gasteiger partial charge in [0.25, 0.3) is 0 Å². The molecule has 0 aliphatic rings. The van der Waals surface area contributed by atoms with Gasteiger partial charge in [-0.15, -0.1) is 0 Å². The molecular formula is C25H26N2O2S. The number of thiocarbonyl (C=S) groups is 1. The number of carbonyl (C=O) groups is 1. The van der Waals surface area contributed by atoms with E-state index < -0.39 is 0 Å². The zero-order chi connectivity index (χ0) is 21.5. The van der Waals surface area contributed by atoms with Gasteiger partial charge < -0.3 is 15.4 Å². The van der Waals surface area contributed by atoms with Crippen LogP contribution < -0.4 is 10.6 Å². The molecule has 0 aliphatic heterocycles. The molecule has 0 radical (unpaired) electrons. The molecule has 0 saturated heterocycles. The van der Waals surface area contributed by atoms with E-state index in [0.717, 1.165) is 16.8 Å². The number of aryl methyl sites for hydroxylation is 2. The number of carbonyl (C=O) groups excluding carboxylic acids is 1. The van der Waals surface area contributed by atoms with E-state index in [4.69, 9.17) is 17.0 Å². The third-order valence-electron chi connectivity index (χ3n) is 4.78.